The number of carbonyl (C=O) groups excluding carboxylic acids is 1. The van der Waals surface area contributed by atoms with Crippen LogP contribution >= 0.6 is 0 Å². The molecule has 2 nitrogen and oxygen atoms in total. The van der Waals surface area contributed by atoms with E-state index in [2.05, 4.69) is 6.92 Å². The molecule has 0 bridgehead atoms. The molecule has 0 N–H and O–H groups in total. The molecular weight excluding hydrogens is 152 g/mol. The number of carboxylic acids is 1. The highest BCUT2D eigenvalue weighted by molar-refractivity contribution is 5.66. The first kappa shape index (κ1) is 11.2. The maximum Gasteiger partial charge on any atom is 0.0452 e. The van der Waals surface area contributed by atoms with Gasteiger partial charge in [-0.2, -0.15) is 0 Å². The van der Waals surface area contributed by atoms with Gasteiger partial charge in [0.1, 0.15) is 0 Å². The Balaban J connectivity index is 3.49. The van der Waals surface area contributed by atoms with Gasteiger partial charge >= 0.3 is 0 Å². The Morgan fingerprint density at radius 3 is 2.58 bits per heavy atom. The zero-order valence-electron chi connectivity index (χ0n) is 7.93. The van der Waals surface area contributed by atoms with Crippen LogP contribution in [0.25, 0.3) is 0 Å². The molecule has 0 radical (unpaired) electrons. The summed E-state index contributed by atoms with van der Waals surface area (Å²) in [4.78, 5) is 10.1. The van der Waals surface area contributed by atoms with Crippen LogP contribution in [-0.2, 0) is 4.79 Å². The molecule has 0 saturated heterocycles. The van der Waals surface area contributed by atoms with E-state index in [0.29, 0.717) is 0 Å². The first-order valence-corrected chi connectivity index (χ1v) is 4.52. The smallest absolute Gasteiger partial charge is 0.0452 e. The van der Waals surface area contributed by atoms with Crippen LogP contribution in [0.3, 0.4) is 0 Å². The van der Waals surface area contributed by atoms with Crippen LogP contribution in [0.15, 0.2) is 11.6 Å². The van der Waals surface area contributed by atoms with E-state index in [9.17, 15) is 9.90 Å². The van der Waals surface area contributed by atoms with Gasteiger partial charge in [0.2, 0.25) is 0 Å². The van der Waals surface area contributed by atoms with Crippen molar-refractivity contribution < 1.29 is 9.90 Å². The Kier molecular flexibility index (Phi) is 6.44. The summed E-state index contributed by atoms with van der Waals surface area (Å²) < 4.78 is 0. The normalized spacial score (nSPS) is 11.7. The van der Waals surface area contributed by atoms with Gasteiger partial charge in [0.15, 0.2) is 0 Å². The van der Waals surface area contributed by atoms with Gasteiger partial charge in [0, 0.05) is 12.4 Å². The molecule has 0 saturated carbocycles. The molecule has 0 aliphatic rings. The lowest BCUT2D eigenvalue weighted by atomic mass is 10.1. The predicted molar refractivity (Wildman–Crippen MR) is 47.5 cm³/mol. The average Bonchev–Trinajstić information content (AvgIpc) is 2.01. The van der Waals surface area contributed by atoms with Crippen molar-refractivity contribution >= 4 is 5.97 Å². The van der Waals surface area contributed by atoms with Crippen LogP contribution in [0.4, 0.5) is 0 Å². The number of hydrogen-bond acceptors (Lipinski definition) is 2. The van der Waals surface area contributed by atoms with Crippen LogP contribution in [0.2, 0.25) is 0 Å². The molecule has 0 aromatic heterocycles. The van der Waals surface area contributed by atoms with Crippen LogP contribution in [0, 0.1) is 0 Å². The number of unbranched alkanes of at least 4 members (excludes halogenated alkanes) is 2. The lowest BCUT2D eigenvalue weighted by Crippen LogP contribution is -2.20. The number of allylic oxidation sites excluding steroid dienone is 1. The first-order valence-electron chi connectivity index (χ1n) is 4.52. The molecule has 0 rings (SSSR count). The van der Waals surface area contributed by atoms with Gasteiger partial charge in [-0.3, -0.25) is 0 Å². The molecule has 0 aromatic carbocycles. The Morgan fingerprint density at radius 2 is 2.08 bits per heavy atom. The summed E-state index contributed by atoms with van der Waals surface area (Å²) in [6.07, 6.45) is 6.39. The quantitative estimate of drug-likeness (QED) is 0.448. The van der Waals surface area contributed by atoms with Crippen molar-refractivity contribution in [2.24, 2.45) is 0 Å². The SMILES string of the molecule is CCCCC/C(C)=C\CC(=O)[O-]. The summed E-state index contributed by atoms with van der Waals surface area (Å²) in [5, 5.41) is 10.1. The van der Waals surface area contributed by atoms with Crippen LogP contribution in [-0.4, -0.2) is 5.97 Å². The highest BCUT2D eigenvalue weighted by Crippen LogP contribution is 2.08. The molecule has 0 heterocycles. The maximum atomic E-state index is 10.1. The molecule has 0 spiro atoms. The van der Waals surface area contributed by atoms with E-state index in [4.69, 9.17) is 0 Å². The van der Waals surface area contributed by atoms with E-state index in [1.165, 1.54) is 12.8 Å². The summed E-state index contributed by atoms with van der Waals surface area (Å²) >= 11 is 0. The molecule has 0 aliphatic carbocycles. The molecule has 0 aliphatic heterocycles. The van der Waals surface area contributed by atoms with Crippen molar-refractivity contribution in [1.29, 1.82) is 0 Å². The summed E-state index contributed by atoms with van der Waals surface area (Å²) in [5.74, 6) is -0.996. The third-order valence-electron chi connectivity index (χ3n) is 1.79. The summed E-state index contributed by atoms with van der Waals surface area (Å²) in [7, 11) is 0. The van der Waals surface area contributed by atoms with Crippen molar-refractivity contribution in [2.75, 3.05) is 0 Å². The minimum Gasteiger partial charge on any atom is -0.550 e. The number of hydrogen-bond donors (Lipinski definition) is 0. The van der Waals surface area contributed by atoms with Crippen molar-refractivity contribution in [3.63, 3.8) is 0 Å². The van der Waals surface area contributed by atoms with Gasteiger partial charge in [-0.05, 0) is 19.8 Å². The topological polar surface area (TPSA) is 40.1 Å². The Bertz CT molecular complexity index is 159. The fourth-order valence-electron chi connectivity index (χ4n) is 1.01. The van der Waals surface area contributed by atoms with Gasteiger partial charge in [-0.25, -0.2) is 0 Å². The average molecular weight is 169 g/mol. The lowest BCUT2D eigenvalue weighted by Gasteiger charge is -2.01. The van der Waals surface area contributed by atoms with E-state index >= 15 is 0 Å². The molecule has 0 unspecified atom stereocenters. The van der Waals surface area contributed by atoms with Crippen molar-refractivity contribution in [3.8, 4) is 0 Å². The van der Waals surface area contributed by atoms with E-state index in [-0.39, 0.29) is 6.42 Å². The Hall–Kier alpha value is -0.790. The molecule has 0 fully saturated rings. The van der Waals surface area contributed by atoms with E-state index in [1.807, 2.05) is 6.92 Å². The molecule has 12 heavy (non-hydrogen) atoms. The molecule has 2 heteroatoms. The van der Waals surface area contributed by atoms with Gasteiger partial charge in [-0.1, -0.05) is 31.4 Å². The summed E-state index contributed by atoms with van der Waals surface area (Å²) in [5.41, 5.74) is 1.16. The largest absolute Gasteiger partial charge is 0.550 e. The standard InChI is InChI=1S/C10H18O2/c1-3-4-5-6-9(2)7-8-10(11)12/h7H,3-6,8H2,1-2H3,(H,11,12)/p-1/b9-7-. The number of rotatable bonds is 6. The number of aliphatic carboxylic acids is 1. The third kappa shape index (κ3) is 7.32. The molecular formula is C10H17O2-. The highest BCUT2D eigenvalue weighted by Gasteiger charge is 1.90. The molecule has 0 aromatic rings. The number of carboxylic acid groups (broad SMARTS) is 1. The highest BCUT2D eigenvalue weighted by atomic mass is 16.4. The van der Waals surface area contributed by atoms with Crippen molar-refractivity contribution in [3.05, 3.63) is 11.6 Å². The minimum atomic E-state index is -0.996. The Labute approximate surface area is 74.3 Å². The minimum absolute atomic E-state index is 0.0535. The van der Waals surface area contributed by atoms with Crippen LogP contribution < -0.4 is 5.11 Å². The first-order chi connectivity index (χ1) is 5.66. The summed E-state index contributed by atoms with van der Waals surface area (Å²) in [6.45, 7) is 4.12. The molecule has 0 atom stereocenters. The van der Waals surface area contributed by atoms with Crippen molar-refractivity contribution in [1.82, 2.24) is 0 Å². The second kappa shape index (κ2) is 6.89. The van der Waals surface area contributed by atoms with Crippen molar-refractivity contribution in [2.45, 2.75) is 46.0 Å². The van der Waals surface area contributed by atoms with Gasteiger partial charge in [0.05, 0.1) is 0 Å². The molecule has 70 valence electrons. The molecule has 0 amide bonds. The number of carbonyl (C=O) groups is 1. The third-order valence-corrected chi connectivity index (χ3v) is 1.79. The van der Waals surface area contributed by atoms with Gasteiger partial charge in [-0.15, -0.1) is 0 Å². The lowest BCUT2D eigenvalue weighted by molar-refractivity contribution is -0.304. The van der Waals surface area contributed by atoms with Gasteiger partial charge < -0.3 is 9.90 Å². The van der Waals surface area contributed by atoms with E-state index < -0.39 is 5.97 Å². The van der Waals surface area contributed by atoms with E-state index in [1.54, 1.807) is 6.08 Å². The Morgan fingerprint density at radius 1 is 1.42 bits per heavy atom. The fraction of sp³-hybridized carbons (Fsp3) is 0.700. The monoisotopic (exact) mass is 169 g/mol. The van der Waals surface area contributed by atoms with Gasteiger partial charge in [0.25, 0.3) is 0 Å². The maximum absolute atomic E-state index is 10.1. The second-order valence-electron chi connectivity index (χ2n) is 3.08. The second-order valence-corrected chi connectivity index (χ2v) is 3.08. The van der Waals surface area contributed by atoms with E-state index in [0.717, 1.165) is 18.4 Å². The van der Waals surface area contributed by atoms with Crippen LogP contribution in [0.5, 0.6) is 0 Å². The fourth-order valence-corrected chi connectivity index (χ4v) is 1.01. The van der Waals surface area contributed by atoms with Crippen LogP contribution in [0.1, 0.15) is 46.0 Å². The zero-order valence-corrected chi connectivity index (χ0v) is 7.93. The predicted octanol–water partition coefficient (Wildman–Crippen LogP) is 1.65. The summed E-state index contributed by atoms with van der Waals surface area (Å²) in [6, 6.07) is 0. The zero-order chi connectivity index (χ0) is 9.40.